The third kappa shape index (κ3) is 4.42. The number of amides is 1. The number of carbonyl (C=O) groups excluding carboxylic acids is 1. The lowest BCUT2D eigenvalue weighted by molar-refractivity contribution is 0.0696. The third-order valence-corrected chi connectivity index (χ3v) is 4.61. The predicted octanol–water partition coefficient (Wildman–Crippen LogP) is 0.144. The highest BCUT2D eigenvalue weighted by Gasteiger charge is 2.29. The summed E-state index contributed by atoms with van der Waals surface area (Å²) in [7, 11) is -2.20. The molecule has 1 atom stereocenters. The van der Waals surface area contributed by atoms with Gasteiger partial charge in [0.25, 0.3) is 5.91 Å². The van der Waals surface area contributed by atoms with E-state index in [9.17, 15) is 18.0 Å². The third-order valence-electron chi connectivity index (χ3n) is 3.68. The van der Waals surface area contributed by atoms with E-state index < -0.39 is 16.0 Å². The van der Waals surface area contributed by atoms with Gasteiger partial charge >= 0.3 is 5.97 Å². The Labute approximate surface area is 133 Å². The van der Waals surface area contributed by atoms with Crippen molar-refractivity contribution in [2.45, 2.75) is 6.42 Å². The van der Waals surface area contributed by atoms with Crippen LogP contribution in [0.3, 0.4) is 0 Å². The van der Waals surface area contributed by atoms with Crippen LogP contribution in [0.15, 0.2) is 18.2 Å². The minimum Gasteiger partial charge on any atom is -0.497 e. The summed E-state index contributed by atoms with van der Waals surface area (Å²) in [5.41, 5.74) is 0.144. The van der Waals surface area contributed by atoms with Crippen molar-refractivity contribution in [1.82, 2.24) is 4.90 Å². The van der Waals surface area contributed by atoms with E-state index in [2.05, 4.69) is 0 Å². The van der Waals surface area contributed by atoms with Crippen molar-refractivity contribution in [3.05, 3.63) is 29.3 Å². The zero-order valence-electron chi connectivity index (χ0n) is 12.6. The fourth-order valence-electron chi connectivity index (χ4n) is 2.63. The van der Waals surface area contributed by atoms with Crippen LogP contribution >= 0.6 is 0 Å². The van der Waals surface area contributed by atoms with Crippen LogP contribution in [0.25, 0.3) is 0 Å². The SMILES string of the molecule is COc1cc(C(=O)O)cc(C(=O)N2CC[C@H](CS(N)(=O)=O)C2)c1. The van der Waals surface area contributed by atoms with Crippen molar-refractivity contribution < 1.29 is 27.9 Å². The molecule has 0 aromatic heterocycles. The van der Waals surface area contributed by atoms with Crippen molar-refractivity contribution in [2.24, 2.45) is 11.1 Å². The van der Waals surface area contributed by atoms with E-state index >= 15 is 0 Å². The van der Waals surface area contributed by atoms with Gasteiger partial charge in [0, 0.05) is 18.7 Å². The van der Waals surface area contributed by atoms with Crippen molar-refractivity contribution in [2.75, 3.05) is 26.0 Å². The summed E-state index contributed by atoms with van der Waals surface area (Å²) in [5.74, 6) is -1.63. The summed E-state index contributed by atoms with van der Waals surface area (Å²) in [6.45, 7) is 0.674. The Morgan fingerprint density at radius 3 is 2.57 bits per heavy atom. The molecule has 0 saturated carbocycles. The minimum absolute atomic E-state index is 0.0482. The molecule has 0 bridgehead atoms. The Morgan fingerprint density at radius 1 is 1.35 bits per heavy atom. The summed E-state index contributed by atoms with van der Waals surface area (Å²) >= 11 is 0. The summed E-state index contributed by atoms with van der Waals surface area (Å²) in [6.07, 6.45) is 0.540. The molecular weight excluding hydrogens is 324 g/mol. The molecule has 1 saturated heterocycles. The molecule has 0 aliphatic carbocycles. The number of ether oxygens (including phenoxy) is 1. The van der Waals surface area contributed by atoms with Crippen LogP contribution in [0, 0.1) is 5.92 Å². The van der Waals surface area contributed by atoms with Gasteiger partial charge in [-0.05, 0) is 30.5 Å². The van der Waals surface area contributed by atoms with E-state index in [4.69, 9.17) is 15.0 Å². The average molecular weight is 342 g/mol. The van der Waals surface area contributed by atoms with E-state index in [0.717, 1.165) is 0 Å². The fraction of sp³-hybridized carbons (Fsp3) is 0.429. The summed E-state index contributed by atoms with van der Waals surface area (Å²) in [6, 6.07) is 4.06. The molecule has 1 aliphatic rings. The number of aromatic carboxylic acids is 1. The number of sulfonamides is 1. The highest BCUT2D eigenvalue weighted by molar-refractivity contribution is 7.89. The Hall–Kier alpha value is -2.13. The Bertz CT molecular complexity index is 731. The van der Waals surface area contributed by atoms with Crippen LogP contribution < -0.4 is 9.88 Å². The molecule has 2 rings (SSSR count). The molecule has 1 aromatic rings. The lowest BCUT2D eigenvalue weighted by Crippen LogP contribution is -2.31. The smallest absolute Gasteiger partial charge is 0.335 e. The molecule has 1 amide bonds. The molecule has 0 spiro atoms. The van der Waals surface area contributed by atoms with Crippen LogP contribution in [0.1, 0.15) is 27.1 Å². The van der Waals surface area contributed by atoms with Crippen molar-refractivity contribution in [3.8, 4) is 5.75 Å². The number of likely N-dealkylation sites (tertiary alicyclic amines) is 1. The van der Waals surface area contributed by atoms with Gasteiger partial charge in [0.05, 0.1) is 18.4 Å². The van der Waals surface area contributed by atoms with Gasteiger partial charge in [0.2, 0.25) is 10.0 Å². The van der Waals surface area contributed by atoms with Crippen LogP contribution in [-0.2, 0) is 10.0 Å². The van der Waals surface area contributed by atoms with Crippen molar-refractivity contribution in [3.63, 3.8) is 0 Å². The monoisotopic (exact) mass is 342 g/mol. The predicted molar refractivity (Wildman–Crippen MR) is 81.9 cm³/mol. The van der Waals surface area contributed by atoms with Crippen LogP contribution in [0.5, 0.6) is 5.75 Å². The quantitative estimate of drug-likeness (QED) is 0.784. The Kier molecular flexibility index (Phi) is 4.90. The number of carbonyl (C=O) groups is 2. The first-order valence-corrected chi connectivity index (χ1v) is 8.63. The zero-order valence-corrected chi connectivity index (χ0v) is 13.4. The van der Waals surface area contributed by atoms with Gasteiger partial charge in [-0.1, -0.05) is 0 Å². The highest BCUT2D eigenvalue weighted by Crippen LogP contribution is 2.23. The maximum absolute atomic E-state index is 12.5. The Morgan fingerprint density at radius 2 is 2.00 bits per heavy atom. The van der Waals surface area contributed by atoms with E-state index in [1.54, 1.807) is 0 Å². The molecule has 1 fully saturated rings. The topological polar surface area (TPSA) is 127 Å². The first kappa shape index (κ1) is 17.2. The van der Waals surface area contributed by atoms with Crippen molar-refractivity contribution >= 4 is 21.9 Å². The molecule has 1 heterocycles. The van der Waals surface area contributed by atoms with Gasteiger partial charge in [-0.25, -0.2) is 18.4 Å². The number of nitrogens with two attached hydrogens (primary N) is 1. The molecule has 1 aromatic carbocycles. The van der Waals surface area contributed by atoms with Crippen LogP contribution in [0.2, 0.25) is 0 Å². The van der Waals surface area contributed by atoms with E-state index in [0.29, 0.717) is 13.0 Å². The molecule has 126 valence electrons. The van der Waals surface area contributed by atoms with E-state index in [-0.39, 0.29) is 41.0 Å². The number of nitrogens with zero attached hydrogens (tertiary/aromatic N) is 1. The first-order chi connectivity index (χ1) is 10.7. The van der Waals surface area contributed by atoms with Gasteiger partial charge in [0.1, 0.15) is 5.75 Å². The number of methoxy groups -OCH3 is 1. The van der Waals surface area contributed by atoms with Crippen LogP contribution in [-0.4, -0.2) is 56.3 Å². The Balaban J connectivity index is 2.18. The molecule has 9 heteroatoms. The standard InChI is InChI=1S/C14H18N2O6S/c1-22-12-5-10(4-11(6-12)14(18)19)13(17)16-3-2-9(7-16)8-23(15,20)21/h4-6,9H,2-3,7-8H2,1H3,(H,18,19)(H2,15,20,21)/t9-/m0/s1. The second-order valence-electron chi connectivity index (χ2n) is 5.49. The summed E-state index contributed by atoms with van der Waals surface area (Å²) in [4.78, 5) is 25.1. The molecule has 0 unspecified atom stereocenters. The van der Waals surface area contributed by atoms with E-state index in [1.807, 2.05) is 0 Å². The lowest BCUT2D eigenvalue weighted by atomic mass is 10.1. The number of rotatable bonds is 5. The number of benzene rings is 1. The van der Waals surface area contributed by atoms with Gasteiger partial charge in [0.15, 0.2) is 0 Å². The van der Waals surface area contributed by atoms with E-state index in [1.165, 1.54) is 30.2 Å². The van der Waals surface area contributed by atoms with Gasteiger partial charge < -0.3 is 14.7 Å². The fourth-order valence-corrected chi connectivity index (χ4v) is 3.56. The summed E-state index contributed by atoms with van der Waals surface area (Å²) < 4.78 is 27.3. The second kappa shape index (κ2) is 6.55. The molecular formula is C14H18N2O6S. The lowest BCUT2D eigenvalue weighted by Gasteiger charge is -2.17. The van der Waals surface area contributed by atoms with Crippen LogP contribution in [0.4, 0.5) is 0 Å². The van der Waals surface area contributed by atoms with Crippen molar-refractivity contribution in [1.29, 1.82) is 0 Å². The summed E-state index contributed by atoms with van der Waals surface area (Å²) in [5, 5.41) is 14.1. The molecule has 0 radical (unpaired) electrons. The van der Waals surface area contributed by atoms with Gasteiger partial charge in [-0.2, -0.15) is 0 Å². The maximum atomic E-state index is 12.5. The molecule has 1 aliphatic heterocycles. The average Bonchev–Trinajstić information content (AvgIpc) is 2.92. The largest absolute Gasteiger partial charge is 0.497 e. The first-order valence-electron chi connectivity index (χ1n) is 6.91. The normalized spacial score (nSPS) is 18.0. The number of hydrogen-bond donors (Lipinski definition) is 2. The number of carboxylic acid groups (broad SMARTS) is 1. The number of primary sulfonamides is 1. The number of hydrogen-bond acceptors (Lipinski definition) is 5. The van der Waals surface area contributed by atoms with Gasteiger partial charge in [-0.15, -0.1) is 0 Å². The number of carboxylic acids is 1. The highest BCUT2D eigenvalue weighted by atomic mass is 32.2. The molecule has 8 nitrogen and oxygen atoms in total. The maximum Gasteiger partial charge on any atom is 0.335 e. The molecule has 3 N–H and O–H groups in total. The zero-order chi connectivity index (χ0) is 17.2. The second-order valence-corrected chi connectivity index (χ2v) is 7.15. The minimum atomic E-state index is -3.59. The molecule has 23 heavy (non-hydrogen) atoms. The van der Waals surface area contributed by atoms with Gasteiger partial charge in [-0.3, -0.25) is 4.79 Å².